The van der Waals surface area contributed by atoms with E-state index in [1.165, 1.54) is 38.5 Å². The molecule has 0 radical (unpaired) electrons. The predicted octanol–water partition coefficient (Wildman–Crippen LogP) is 2.44. The Balaban J connectivity index is 1.36. The first kappa shape index (κ1) is 13.1. The van der Waals surface area contributed by atoms with Gasteiger partial charge in [-0.2, -0.15) is 0 Å². The molecule has 5 aliphatic rings. The monoisotopic (exact) mass is 276 g/mol. The summed E-state index contributed by atoms with van der Waals surface area (Å²) >= 11 is 0. The molecule has 3 heteroatoms. The Kier molecular flexibility index (Phi) is 3.29. The fourth-order valence-electron chi connectivity index (χ4n) is 5.96. The number of nitrogens with one attached hydrogen (secondary N) is 1. The Labute approximate surface area is 122 Å². The predicted molar refractivity (Wildman–Crippen MR) is 78.9 cm³/mol. The smallest absolute Gasteiger partial charge is 0.220 e. The number of nitrogens with two attached hydrogens (primary N) is 1. The number of hydrogen-bond donors (Lipinski definition) is 2. The average Bonchev–Trinajstić information content (AvgIpc) is 2.79. The van der Waals surface area contributed by atoms with Gasteiger partial charge in [0, 0.05) is 18.5 Å². The van der Waals surface area contributed by atoms with Crippen LogP contribution in [0.1, 0.15) is 57.8 Å². The second-order valence-corrected chi connectivity index (χ2v) is 8.08. The summed E-state index contributed by atoms with van der Waals surface area (Å²) in [5, 5.41) is 3.41. The van der Waals surface area contributed by atoms with Crippen LogP contribution >= 0.6 is 0 Å². The molecule has 0 aromatic heterocycles. The van der Waals surface area contributed by atoms with E-state index >= 15 is 0 Å². The van der Waals surface area contributed by atoms with Crippen LogP contribution in [0.25, 0.3) is 0 Å². The molecule has 3 nitrogen and oxygen atoms in total. The molecule has 5 fully saturated rings. The number of carbonyl (C=O) groups is 1. The molecule has 0 aliphatic heterocycles. The lowest BCUT2D eigenvalue weighted by atomic mass is 9.54. The minimum Gasteiger partial charge on any atom is -0.353 e. The molecule has 0 unspecified atom stereocenters. The van der Waals surface area contributed by atoms with Gasteiger partial charge in [-0.05, 0) is 74.5 Å². The molecule has 20 heavy (non-hydrogen) atoms. The van der Waals surface area contributed by atoms with E-state index in [-0.39, 0.29) is 11.9 Å². The van der Waals surface area contributed by atoms with Crippen LogP contribution in [0.4, 0.5) is 0 Å². The van der Waals surface area contributed by atoms with Crippen LogP contribution in [-0.4, -0.2) is 18.0 Å². The Morgan fingerprint density at radius 3 is 2.20 bits per heavy atom. The summed E-state index contributed by atoms with van der Waals surface area (Å²) in [7, 11) is 0. The molecule has 5 aliphatic carbocycles. The summed E-state index contributed by atoms with van der Waals surface area (Å²) < 4.78 is 0. The molecule has 3 N–H and O–H groups in total. The Bertz CT molecular complexity index is 366. The zero-order valence-corrected chi connectivity index (χ0v) is 12.4. The van der Waals surface area contributed by atoms with Gasteiger partial charge < -0.3 is 11.1 Å². The number of rotatable bonds is 3. The van der Waals surface area contributed by atoms with Crippen molar-refractivity contribution in [2.75, 3.05) is 0 Å². The van der Waals surface area contributed by atoms with Gasteiger partial charge in [0.15, 0.2) is 0 Å². The van der Waals surface area contributed by atoms with Gasteiger partial charge in [0.25, 0.3) is 0 Å². The van der Waals surface area contributed by atoms with E-state index in [1.54, 1.807) is 0 Å². The van der Waals surface area contributed by atoms with Crippen molar-refractivity contribution >= 4 is 5.91 Å². The molecule has 0 saturated heterocycles. The van der Waals surface area contributed by atoms with Crippen molar-refractivity contribution in [1.29, 1.82) is 0 Å². The van der Waals surface area contributed by atoms with Crippen molar-refractivity contribution in [3.05, 3.63) is 0 Å². The highest BCUT2D eigenvalue weighted by Gasteiger charge is 2.48. The standard InChI is InChI=1S/C17H28N2O/c18-15-3-1-2-12(15)9-16(20)19-17-13-5-10-4-11(7-13)8-14(17)6-10/h10-15,17H,1-9,18H2,(H,19,20)/t10?,11?,12-,13?,14?,15+,17?/m0/s1. The van der Waals surface area contributed by atoms with Gasteiger partial charge in [0.05, 0.1) is 0 Å². The maximum absolute atomic E-state index is 12.4. The summed E-state index contributed by atoms with van der Waals surface area (Å²) in [6, 6.07) is 0.757. The lowest BCUT2D eigenvalue weighted by Crippen LogP contribution is -2.56. The van der Waals surface area contributed by atoms with E-state index in [4.69, 9.17) is 5.73 Å². The normalized spacial score (nSPS) is 49.5. The zero-order valence-electron chi connectivity index (χ0n) is 12.4. The Morgan fingerprint density at radius 2 is 1.65 bits per heavy atom. The van der Waals surface area contributed by atoms with Crippen molar-refractivity contribution in [2.45, 2.75) is 69.9 Å². The summed E-state index contributed by atoms with van der Waals surface area (Å²) in [4.78, 5) is 12.4. The van der Waals surface area contributed by atoms with Crippen LogP contribution in [0.2, 0.25) is 0 Å². The Hall–Kier alpha value is -0.570. The maximum Gasteiger partial charge on any atom is 0.220 e. The Morgan fingerprint density at radius 1 is 1.00 bits per heavy atom. The summed E-state index contributed by atoms with van der Waals surface area (Å²) in [6.45, 7) is 0. The van der Waals surface area contributed by atoms with Crippen LogP contribution in [-0.2, 0) is 4.79 Å². The van der Waals surface area contributed by atoms with Crippen LogP contribution in [0.5, 0.6) is 0 Å². The molecule has 0 aromatic rings. The van der Waals surface area contributed by atoms with Crippen LogP contribution in [0.15, 0.2) is 0 Å². The molecule has 112 valence electrons. The van der Waals surface area contributed by atoms with E-state index in [9.17, 15) is 4.79 Å². The molecule has 0 heterocycles. The summed E-state index contributed by atoms with van der Waals surface area (Å²) in [5.74, 6) is 4.25. The van der Waals surface area contributed by atoms with Gasteiger partial charge in [-0.25, -0.2) is 0 Å². The second-order valence-electron chi connectivity index (χ2n) is 8.08. The quantitative estimate of drug-likeness (QED) is 0.832. The molecule has 1 amide bonds. The molecule has 2 atom stereocenters. The maximum atomic E-state index is 12.4. The van der Waals surface area contributed by atoms with E-state index in [0.29, 0.717) is 18.4 Å². The third-order valence-electron chi connectivity index (χ3n) is 6.72. The molecular formula is C17H28N2O. The lowest BCUT2D eigenvalue weighted by Gasteiger charge is -2.54. The highest BCUT2D eigenvalue weighted by atomic mass is 16.1. The first-order valence-electron chi connectivity index (χ1n) is 8.74. The summed E-state index contributed by atoms with van der Waals surface area (Å²) in [6.07, 6.45) is 11.1. The SMILES string of the molecule is N[C@@H]1CCC[C@H]1CC(=O)NC1C2CC3CC(C2)CC1C3. The molecule has 5 rings (SSSR count). The van der Waals surface area contributed by atoms with Crippen molar-refractivity contribution in [1.82, 2.24) is 5.32 Å². The van der Waals surface area contributed by atoms with Gasteiger partial charge in [-0.15, -0.1) is 0 Å². The van der Waals surface area contributed by atoms with Crippen molar-refractivity contribution in [2.24, 2.45) is 35.3 Å². The fourth-order valence-corrected chi connectivity index (χ4v) is 5.96. The van der Waals surface area contributed by atoms with Crippen molar-refractivity contribution in [3.8, 4) is 0 Å². The third-order valence-corrected chi connectivity index (χ3v) is 6.72. The van der Waals surface area contributed by atoms with Gasteiger partial charge in [-0.1, -0.05) is 6.42 Å². The van der Waals surface area contributed by atoms with Gasteiger partial charge in [0.1, 0.15) is 0 Å². The first-order valence-corrected chi connectivity index (χ1v) is 8.74. The van der Waals surface area contributed by atoms with E-state index in [2.05, 4.69) is 5.32 Å². The van der Waals surface area contributed by atoms with E-state index in [1.807, 2.05) is 0 Å². The molecule has 4 bridgehead atoms. The van der Waals surface area contributed by atoms with Crippen LogP contribution in [0, 0.1) is 29.6 Å². The van der Waals surface area contributed by atoms with Gasteiger partial charge in [-0.3, -0.25) is 4.79 Å². The van der Waals surface area contributed by atoms with Crippen LogP contribution < -0.4 is 11.1 Å². The minimum absolute atomic E-state index is 0.263. The largest absolute Gasteiger partial charge is 0.353 e. The summed E-state index contributed by atoms with van der Waals surface area (Å²) in [5.41, 5.74) is 6.10. The van der Waals surface area contributed by atoms with Gasteiger partial charge >= 0.3 is 0 Å². The van der Waals surface area contributed by atoms with Crippen molar-refractivity contribution < 1.29 is 4.79 Å². The molecule has 0 spiro atoms. The average molecular weight is 276 g/mol. The topological polar surface area (TPSA) is 55.1 Å². The van der Waals surface area contributed by atoms with Crippen LogP contribution in [0.3, 0.4) is 0 Å². The van der Waals surface area contributed by atoms with Crippen molar-refractivity contribution in [3.63, 3.8) is 0 Å². The zero-order chi connectivity index (χ0) is 13.7. The number of amides is 1. The fraction of sp³-hybridized carbons (Fsp3) is 0.941. The highest BCUT2D eigenvalue weighted by Crippen LogP contribution is 2.53. The third kappa shape index (κ3) is 2.28. The first-order chi connectivity index (χ1) is 9.69. The highest BCUT2D eigenvalue weighted by molar-refractivity contribution is 5.76. The molecular weight excluding hydrogens is 248 g/mol. The number of carbonyl (C=O) groups excluding carboxylic acids is 1. The minimum atomic E-state index is 0.263. The lowest BCUT2D eigenvalue weighted by molar-refractivity contribution is -0.126. The molecule has 5 saturated carbocycles. The second kappa shape index (κ2) is 5.01. The molecule has 0 aromatic carbocycles. The van der Waals surface area contributed by atoms with E-state index in [0.717, 1.165) is 36.5 Å². The number of hydrogen-bond acceptors (Lipinski definition) is 2. The van der Waals surface area contributed by atoms with Gasteiger partial charge in [0.2, 0.25) is 5.91 Å². The van der Waals surface area contributed by atoms with E-state index < -0.39 is 0 Å².